The summed E-state index contributed by atoms with van der Waals surface area (Å²) < 4.78 is 33.1. The second-order valence-electron chi connectivity index (χ2n) is 7.19. The van der Waals surface area contributed by atoms with E-state index in [0.29, 0.717) is 13.1 Å². The molecule has 7 nitrogen and oxygen atoms in total. The first-order valence-corrected chi connectivity index (χ1v) is 11.3. The van der Waals surface area contributed by atoms with Crippen molar-refractivity contribution in [1.82, 2.24) is 4.90 Å². The number of amides is 2. The molecule has 1 aliphatic rings. The third-order valence-corrected chi connectivity index (χ3v) is 5.16. The second-order valence-corrected chi connectivity index (χ2v) is 8.77. The average molecular weight is 419 g/mol. The molecule has 2 amide bonds. The van der Waals surface area contributed by atoms with Crippen LogP contribution in [0.2, 0.25) is 0 Å². The van der Waals surface area contributed by atoms with Crippen LogP contribution < -0.4 is 9.50 Å². The molecule has 3 rings (SSSR count). The summed E-state index contributed by atoms with van der Waals surface area (Å²) in [6.07, 6.45) is 2.94. The van der Waals surface area contributed by atoms with Crippen molar-refractivity contribution in [3.63, 3.8) is 0 Å². The van der Waals surface area contributed by atoms with Gasteiger partial charge in [-0.25, -0.2) is 4.79 Å². The van der Waals surface area contributed by atoms with Crippen molar-refractivity contribution in [1.29, 1.82) is 0 Å². The smallest absolute Gasteiger partial charge is 0.322 e. The Morgan fingerprint density at radius 3 is 2.55 bits per heavy atom. The monoisotopic (exact) mass is 418 g/mol. The molecule has 0 aliphatic carbocycles. The predicted octanol–water partition coefficient (Wildman–Crippen LogP) is 3.55. The van der Waals surface area contributed by atoms with Gasteiger partial charge >= 0.3 is 16.1 Å². The lowest BCUT2D eigenvalue weighted by atomic mass is 10.1. The van der Waals surface area contributed by atoms with Crippen molar-refractivity contribution < 1.29 is 22.1 Å². The quantitative estimate of drug-likeness (QED) is 0.695. The van der Waals surface area contributed by atoms with Crippen molar-refractivity contribution in [2.75, 3.05) is 24.7 Å². The van der Waals surface area contributed by atoms with E-state index in [2.05, 4.69) is 5.32 Å². The maximum Gasteiger partial charge on any atom is 0.322 e. The normalized spacial score (nSPS) is 16.4. The number of urea groups is 1. The van der Waals surface area contributed by atoms with E-state index >= 15 is 0 Å². The summed E-state index contributed by atoms with van der Waals surface area (Å²) in [6.45, 7) is 3.52. The van der Waals surface area contributed by atoms with Crippen LogP contribution in [-0.4, -0.2) is 44.9 Å². The van der Waals surface area contributed by atoms with E-state index in [-0.39, 0.29) is 17.9 Å². The van der Waals surface area contributed by atoms with E-state index in [0.717, 1.165) is 42.5 Å². The number of hydrogen-bond donors (Lipinski definition) is 1. The largest absolute Gasteiger partial charge is 0.383 e. The molecule has 1 N–H and O–H groups in total. The van der Waals surface area contributed by atoms with E-state index in [4.69, 9.17) is 8.92 Å². The number of ether oxygens (including phenoxy) is 1. The van der Waals surface area contributed by atoms with Crippen LogP contribution in [-0.2, 0) is 21.4 Å². The molecule has 0 unspecified atom stereocenters. The van der Waals surface area contributed by atoms with E-state index in [9.17, 15) is 13.2 Å². The van der Waals surface area contributed by atoms with Gasteiger partial charge in [-0.1, -0.05) is 30.3 Å². The third-order valence-electron chi connectivity index (χ3n) is 4.67. The van der Waals surface area contributed by atoms with E-state index in [1.807, 2.05) is 31.2 Å². The van der Waals surface area contributed by atoms with E-state index in [1.165, 1.54) is 0 Å². The Balaban J connectivity index is 1.72. The number of nitrogens with one attached hydrogen (secondary N) is 1. The number of hydrogen-bond acceptors (Lipinski definition) is 5. The number of carbonyl (C=O) groups excluding carboxylic acids is 1. The molecule has 1 aliphatic heterocycles. The number of benzene rings is 2. The van der Waals surface area contributed by atoms with Crippen LogP contribution in [0.4, 0.5) is 10.5 Å². The summed E-state index contributed by atoms with van der Waals surface area (Å²) in [5, 5.41) is 2.97. The molecule has 1 saturated heterocycles. The van der Waals surface area contributed by atoms with Crippen LogP contribution in [0.3, 0.4) is 0 Å². The zero-order valence-electron chi connectivity index (χ0n) is 16.6. The van der Waals surface area contributed by atoms with Gasteiger partial charge in [-0.2, -0.15) is 8.42 Å². The van der Waals surface area contributed by atoms with Crippen LogP contribution >= 0.6 is 0 Å². The van der Waals surface area contributed by atoms with Gasteiger partial charge in [0.25, 0.3) is 0 Å². The summed E-state index contributed by atoms with van der Waals surface area (Å²) in [7, 11) is -3.57. The van der Waals surface area contributed by atoms with Crippen LogP contribution in [0.15, 0.2) is 48.5 Å². The van der Waals surface area contributed by atoms with Gasteiger partial charge in [0, 0.05) is 25.4 Å². The molecule has 0 bridgehead atoms. The molecule has 2 aromatic carbocycles. The topological polar surface area (TPSA) is 84.9 Å². The van der Waals surface area contributed by atoms with Gasteiger partial charge in [-0.05, 0) is 49.1 Å². The van der Waals surface area contributed by atoms with Gasteiger partial charge in [-0.15, -0.1) is 0 Å². The van der Waals surface area contributed by atoms with Gasteiger partial charge in [0.1, 0.15) is 5.75 Å². The highest BCUT2D eigenvalue weighted by Crippen LogP contribution is 2.20. The van der Waals surface area contributed by atoms with Gasteiger partial charge in [0.2, 0.25) is 0 Å². The first-order valence-electron chi connectivity index (χ1n) is 9.52. The number of anilines is 1. The van der Waals surface area contributed by atoms with Gasteiger partial charge in [0.05, 0.1) is 12.4 Å². The van der Waals surface area contributed by atoms with Crippen molar-refractivity contribution in [2.24, 2.45) is 0 Å². The lowest BCUT2D eigenvalue weighted by molar-refractivity contribution is 0.0819. The van der Waals surface area contributed by atoms with Crippen molar-refractivity contribution in [3.05, 3.63) is 59.7 Å². The van der Waals surface area contributed by atoms with Crippen molar-refractivity contribution in [3.8, 4) is 5.75 Å². The maximum atomic E-state index is 13.0. The summed E-state index contributed by atoms with van der Waals surface area (Å²) in [4.78, 5) is 14.7. The molecule has 1 atom stereocenters. The van der Waals surface area contributed by atoms with Crippen LogP contribution in [0.1, 0.15) is 24.0 Å². The lowest BCUT2D eigenvalue weighted by Crippen LogP contribution is -2.39. The highest BCUT2D eigenvalue weighted by molar-refractivity contribution is 7.86. The molecule has 1 heterocycles. The number of aryl methyl sites for hydroxylation is 1. The number of rotatable bonds is 7. The summed E-state index contributed by atoms with van der Waals surface area (Å²) in [5.41, 5.74) is 2.62. The highest BCUT2D eigenvalue weighted by atomic mass is 32.2. The predicted molar refractivity (Wildman–Crippen MR) is 111 cm³/mol. The Bertz CT molecular complexity index is 938. The Kier molecular flexibility index (Phi) is 6.76. The molecular weight excluding hydrogens is 392 g/mol. The lowest BCUT2D eigenvalue weighted by Gasteiger charge is -2.26. The Hall–Kier alpha value is -2.58. The fraction of sp³-hybridized carbons (Fsp3) is 0.381. The Morgan fingerprint density at radius 1 is 1.21 bits per heavy atom. The molecule has 8 heteroatoms. The first kappa shape index (κ1) is 21.1. The molecule has 0 aromatic heterocycles. The summed E-state index contributed by atoms with van der Waals surface area (Å²) in [5.74, 6) is 0.242. The fourth-order valence-corrected chi connectivity index (χ4v) is 3.67. The van der Waals surface area contributed by atoms with Gasteiger partial charge in [0.15, 0.2) is 0 Å². The van der Waals surface area contributed by atoms with Crippen LogP contribution in [0, 0.1) is 6.92 Å². The molecule has 1 fully saturated rings. The minimum absolute atomic E-state index is 0.0189. The SMILES string of the molecule is Cc1ccccc1NC(=O)N(Cc1ccc(OS(C)(=O)=O)cc1)C[C@H]1CCCO1. The van der Waals surface area contributed by atoms with Gasteiger partial charge in [-0.3, -0.25) is 0 Å². The number of nitrogens with zero attached hydrogens (tertiary/aromatic N) is 1. The van der Waals surface area contributed by atoms with Crippen molar-refractivity contribution >= 4 is 21.8 Å². The molecule has 0 spiro atoms. The molecule has 156 valence electrons. The standard InChI is InChI=1S/C21H26N2O5S/c1-16-6-3-4-8-20(16)22-21(24)23(15-19-7-5-13-27-19)14-17-9-11-18(12-10-17)28-29(2,25)26/h3-4,6,8-12,19H,5,7,13-15H2,1-2H3,(H,22,24)/t19-/m1/s1. The minimum atomic E-state index is -3.57. The van der Waals surface area contributed by atoms with Gasteiger partial charge < -0.3 is 19.1 Å². The summed E-state index contributed by atoms with van der Waals surface area (Å²) >= 11 is 0. The Morgan fingerprint density at radius 2 is 1.93 bits per heavy atom. The fourth-order valence-electron chi connectivity index (χ4n) is 3.21. The maximum absolute atomic E-state index is 13.0. The first-order chi connectivity index (χ1) is 13.8. The highest BCUT2D eigenvalue weighted by Gasteiger charge is 2.23. The molecule has 0 saturated carbocycles. The molecular formula is C21H26N2O5S. The zero-order valence-corrected chi connectivity index (χ0v) is 17.4. The number of carbonyl (C=O) groups is 1. The third kappa shape index (κ3) is 6.47. The number of para-hydroxylation sites is 1. The van der Waals surface area contributed by atoms with Crippen LogP contribution in [0.25, 0.3) is 0 Å². The molecule has 0 radical (unpaired) electrons. The molecule has 2 aromatic rings. The Labute approximate surface area is 171 Å². The van der Waals surface area contributed by atoms with E-state index in [1.54, 1.807) is 29.2 Å². The summed E-state index contributed by atoms with van der Waals surface area (Å²) in [6, 6.07) is 14.1. The minimum Gasteiger partial charge on any atom is -0.383 e. The van der Waals surface area contributed by atoms with Crippen molar-refractivity contribution in [2.45, 2.75) is 32.4 Å². The van der Waals surface area contributed by atoms with Crippen LogP contribution in [0.5, 0.6) is 5.75 Å². The molecule has 29 heavy (non-hydrogen) atoms. The average Bonchev–Trinajstić information content (AvgIpc) is 3.16. The second kappa shape index (κ2) is 9.28. The zero-order chi connectivity index (χ0) is 20.9. The van der Waals surface area contributed by atoms with E-state index < -0.39 is 10.1 Å².